The van der Waals surface area contributed by atoms with Crippen LogP contribution >= 0.6 is 11.3 Å². The summed E-state index contributed by atoms with van der Waals surface area (Å²) < 4.78 is 11.6. The van der Waals surface area contributed by atoms with Crippen molar-refractivity contribution in [3.63, 3.8) is 0 Å². The molecule has 2 heterocycles. The van der Waals surface area contributed by atoms with Gasteiger partial charge in [-0.1, -0.05) is 37.0 Å². The molecule has 0 spiro atoms. The van der Waals surface area contributed by atoms with E-state index in [0.717, 1.165) is 31.2 Å². The first-order valence-corrected chi connectivity index (χ1v) is 10.6. The molecule has 28 heavy (non-hydrogen) atoms. The number of nitrogens with zero attached hydrogens (tertiary/aromatic N) is 1. The van der Waals surface area contributed by atoms with E-state index in [9.17, 15) is 0 Å². The van der Waals surface area contributed by atoms with Crippen molar-refractivity contribution < 1.29 is 9.15 Å². The Morgan fingerprint density at radius 2 is 2.00 bits per heavy atom. The number of likely N-dealkylation sites (N-methyl/N-ethyl adjacent to an activating group) is 1. The number of hydrogen-bond donors (Lipinski definition) is 0. The first-order chi connectivity index (χ1) is 13.5. The molecule has 0 unspecified atom stereocenters. The molecule has 2 rings (SSSR count). The third kappa shape index (κ3) is 9.23. The van der Waals surface area contributed by atoms with E-state index in [1.54, 1.807) is 11.3 Å². The Morgan fingerprint density at radius 1 is 1.18 bits per heavy atom. The van der Waals surface area contributed by atoms with E-state index in [2.05, 4.69) is 73.4 Å². The maximum atomic E-state index is 5.90. The van der Waals surface area contributed by atoms with E-state index in [4.69, 9.17) is 9.15 Å². The molecule has 2 aromatic heterocycles. The second kappa shape index (κ2) is 11.7. The van der Waals surface area contributed by atoms with Crippen molar-refractivity contribution in [1.82, 2.24) is 4.90 Å². The second-order valence-corrected chi connectivity index (χ2v) is 8.37. The van der Waals surface area contributed by atoms with E-state index in [0.29, 0.717) is 13.2 Å². The van der Waals surface area contributed by atoms with Gasteiger partial charge in [-0.25, -0.2) is 0 Å². The predicted molar refractivity (Wildman–Crippen MR) is 119 cm³/mol. The lowest BCUT2D eigenvalue weighted by atomic mass is 9.98. The van der Waals surface area contributed by atoms with Crippen molar-refractivity contribution >= 4 is 17.4 Å². The van der Waals surface area contributed by atoms with E-state index >= 15 is 0 Å². The van der Waals surface area contributed by atoms with Crippen LogP contribution in [0.4, 0.5) is 0 Å². The molecule has 0 aromatic carbocycles. The molecule has 0 aliphatic rings. The molecular weight excluding hydrogens is 366 g/mol. The molecule has 0 saturated carbocycles. The Balaban J connectivity index is 1.72. The summed E-state index contributed by atoms with van der Waals surface area (Å²) in [5.41, 5.74) is 1.26. The third-order valence-corrected chi connectivity index (χ3v) is 4.57. The Bertz CT molecular complexity index is 798. The molecule has 0 atom stereocenters. The zero-order valence-corrected chi connectivity index (χ0v) is 18.2. The lowest BCUT2D eigenvalue weighted by molar-refractivity contribution is 0.129. The van der Waals surface area contributed by atoms with Gasteiger partial charge in [0, 0.05) is 12.0 Å². The molecule has 0 fully saturated rings. The highest BCUT2D eigenvalue weighted by molar-refractivity contribution is 7.08. The number of thiophene rings is 1. The Labute approximate surface area is 173 Å². The zero-order valence-electron chi connectivity index (χ0n) is 17.4. The van der Waals surface area contributed by atoms with Gasteiger partial charge in [-0.2, -0.15) is 11.3 Å². The zero-order chi connectivity index (χ0) is 20.2. The number of ether oxygens (including phenoxy) is 1. The van der Waals surface area contributed by atoms with E-state index in [1.807, 2.05) is 24.3 Å². The van der Waals surface area contributed by atoms with Crippen molar-refractivity contribution in [2.24, 2.45) is 5.41 Å². The van der Waals surface area contributed by atoms with Crippen LogP contribution in [0.3, 0.4) is 0 Å². The molecule has 2 aromatic rings. The van der Waals surface area contributed by atoms with Crippen LogP contribution in [0.1, 0.15) is 44.8 Å². The van der Waals surface area contributed by atoms with Gasteiger partial charge >= 0.3 is 0 Å². The molecule has 0 aliphatic carbocycles. The first-order valence-electron chi connectivity index (χ1n) is 9.70. The van der Waals surface area contributed by atoms with Crippen LogP contribution in [-0.2, 0) is 17.9 Å². The van der Waals surface area contributed by atoms with E-state index in [1.165, 1.54) is 5.56 Å². The topological polar surface area (TPSA) is 25.6 Å². The van der Waals surface area contributed by atoms with Gasteiger partial charge in [-0.05, 0) is 67.9 Å². The standard InChI is InChI=1S/C24H31NO2S/c1-5-25(15-8-6-7-14-24(2,3)4)18-22-11-12-23(27-22)19-26-16-9-10-21-13-17-28-20-21/h6,8-13,17,20H,5,15-16,18-19H2,1-4H3. The fraction of sp³-hybridized carbons (Fsp3) is 0.417. The maximum Gasteiger partial charge on any atom is 0.129 e. The summed E-state index contributed by atoms with van der Waals surface area (Å²) in [7, 11) is 0. The van der Waals surface area contributed by atoms with Crippen molar-refractivity contribution in [3.05, 3.63) is 64.3 Å². The van der Waals surface area contributed by atoms with Crippen LogP contribution in [0.25, 0.3) is 6.08 Å². The van der Waals surface area contributed by atoms with Gasteiger partial charge in [-0.3, -0.25) is 4.90 Å². The van der Waals surface area contributed by atoms with Gasteiger partial charge in [-0.15, -0.1) is 0 Å². The smallest absolute Gasteiger partial charge is 0.129 e. The average Bonchev–Trinajstić information content (AvgIpc) is 3.31. The third-order valence-electron chi connectivity index (χ3n) is 3.87. The molecular formula is C24H31NO2S. The first kappa shape index (κ1) is 22.2. The summed E-state index contributed by atoms with van der Waals surface area (Å²) >= 11 is 1.70. The quantitative estimate of drug-likeness (QED) is 0.363. The summed E-state index contributed by atoms with van der Waals surface area (Å²) in [5, 5.41) is 4.18. The summed E-state index contributed by atoms with van der Waals surface area (Å²) in [6.07, 6.45) is 8.15. The SMILES string of the molecule is CCN(CC=CC#CC(C)(C)C)Cc1ccc(COCC=Cc2ccsc2)o1. The highest BCUT2D eigenvalue weighted by atomic mass is 32.1. The van der Waals surface area contributed by atoms with Crippen LogP contribution in [0.2, 0.25) is 0 Å². The lowest BCUT2D eigenvalue weighted by Crippen LogP contribution is -2.22. The molecule has 0 radical (unpaired) electrons. The van der Waals surface area contributed by atoms with Gasteiger partial charge in [0.05, 0.1) is 13.2 Å². The Kier molecular flexibility index (Phi) is 9.30. The lowest BCUT2D eigenvalue weighted by Gasteiger charge is -2.16. The molecule has 0 saturated heterocycles. The van der Waals surface area contributed by atoms with Crippen LogP contribution in [0.5, 0.6) is 0 Å². The van der Waals surface area contributed by atoms with Crippen LogP contribution in [0, 0.1) is 17.3 Å². The second-order valence-electron chi connectivity index (χ2n) is 7.59. The summed E-state index contributed by atoms with van der Waals surface area (Å²) in [6.45, 7) is 12.2. The van der Waals surface area contributed by atoms with Crippen molar-refractivity contribution in [3.8, 4) is 11.8 Å². The normalized spacial score (nSPS) is 12.2. The molecule has 0 N–H and O–H groups in total. The van der Waals surface area contributed by atoms with E-state index in [-0.39, 0.29) is 5.41 Å². The van der Waals surface area contributed by atoms with Gasteiger partial charge in [0.25, 0.3) is 0 Å². The van der Waals surface area contributed by atoms with Gasteiger partial charge in [0.1, 0.15) is 18.1 Å². The molecule has 0 bridgehead atoms. The molecule has 0 amide bonds. The molecule has 0 aliphatic heterocycles. The van der Waals surface area contributed by atoms with Crippen LogP contribution < -0.4 is 0 Å². The summed E-state index contributed by atoms with van der Waals surface area (Å²) in [4.78, 5) is 2.31. The van der Waals surface area contributed by atoms with Gasteiger partial charge in [0.15, 0.2) is 0 Å². The minimum atomic E-state index is 0.0428. The minimum Gasteiger partial charge on any atom is -0.462 e. The number of furan rings is 1. The average molecular weight is 398 g/mol. The Hall–Kier alpha value is -2.06. The van der Waals surface area contributed by atoms with Crippen LogP contribution in [0.15, 0.2) is 51.6 Å². The van der Waals surface area contributed by atoms with Gasteiger partial charge < -0.3 is 9.15 Å². The van der Waals surface area contributed by atoms with E-state index < -0.39 is 0 Å². The fourth-order valence-electron chi connectivity index (χ4n) is 2.41. The predicted octanol–water partition coefficient (Wildman–Crippen LogP) is 6.00. The van der Waals surface area contributed by atoms with Crippen LogP contribution in [-0.4, -0.2) is 24.6 Å². The number of rotatable bonds is 10. The minimum absolute atomic E-state index is 0.0428. The monoisotopic (exact) mass is 397 g/mol. The molecule has 150 valence electrons. The van der Waals surface area contributed by atoms with Crippen molar-refractivity contribution in [2.75, 3.05) is 19.7 Å². The summed E-state index contributed by atoms with van der Waals surface area (Å²) in [5.74, 6) is 8.15. The highest BCUT2D eigenvalue weighted by Crippen LogP contribution is 2.13. The molecule has 3 nitrogen and oxygen atoms in total. The van der Waals surface area contributed by atoms with Crippen molar-refractivity contribution in [2.45, 2.75) is 40.8 Å². The van der Waals surface area contributed by atoms with Crippen molar-refractivity contribution in [1.29, 1.82) is 0 Å². The Morgan fingerprint density at radius 3 is 2.71 bits per heavy atom. The fourth-order valence-corrected chi connectivity index (χ4v) is 3.04. The van der Waals surface area contributed by atoms with Gasteiger partial charge in [0.2, 0.25) is 0 Å². The highest BCUT2D eigenvalue weighted by Gasteiger charge is 2.07. The summed E-state index contributed by atoms with van der Waals surface area (Å²) in [6, 6.07) is 6.12. The number of hydrogen-bond acceptors (Lipinski definition) is 4. The maximum absolute atomic E-state index is 5.90. The number of allylic oxidation sites excluding steroid dienone is 1. The largest absolute Gasteiger partial charge is 0.462 e. The molecule has 4 heteroatoms.